The lowest BCUT2D eigenvalue weighted by Gasteiger charge is -2.23. The van der Waals surface area contributed by atoms with Gasteiger partial charge < -0.3 is 14.9 Å². The second kappa shape index (κ2) is 4.77. The first-order valence-corrected chi connectivity index (χ1v) is 5.10. The van der Waals surface area contributed by atoms with Gasteiger partial charge in [0.05, 0.1) is 0 Å². The number of aliphatic hydroxyl groups is 2. The maximum atomic E-state index is 9.66. The van der Waals surface area contributed by atoms with Gasteiger partial charge in [-0.25, -0.2) is 0 Å². The molecule has 0 aromatic heterocycles. The number of halogens is 1. The van der Waals surface area contributed by atoms with Crippen molar-refractivity contribution in [1.82, 2.24) is 0 Å². The molecule has 1 atom stereocenters. The molecule has 1 aromatic rings. The molecule has 1 unspecified atom stereocenters. The number of ether oxygens (including phenoxy) is 1. The lowest BCUT2D eigenvalue weighted by atomic mass is 10.2. The maximum absolute atomic E-state index is 9.66. The number of aliphatic hydroxyl groups excluding tert-OH is 1. The first-order chi connectivity index (χ1) is 6.53. The molecule has 0 aliphatic heterocycles. The van der Waals surface area contributed by atoms with Gasteiger partial charge in [0.15, 0.2) is 0 Å². The second-order valence-corrected chi connectivity index (χ2v) is 4.12. The molecule has 0 heterocycles. The molecule has 0 spiro atoms. The minimum absolute atomic E-state index is 0.110. The minimum atomic E-state index is -1.32. The maximum Gasteiger partial charge on any atom is 0.207 e. The molecule has 0 aliphatic carbocycles. The fourth-order valence-corrected chi connectivity index (χ4v) is 1.42. The van der Waals surface area contributed by atoms with Crippen LogP contribution in [0.3, 0.4) is 0 Å². The minimum Gasteiger partial charge on any atom is -0.463 e. The standard InChI is InChI=1S/C10H13BrO3/c1-10(13,5-6-12)14-9-4-2-3-8(11)7-9/h2-4,7,12-13H,5-6H2,1H3. The number of hydrogen-bond acceptors (Lipinski definition) is 3. The van der Waals surface area contributed by atoms with Gasteiger partial charge >= 0.3 is 0 Å². The van der Waals surface area contributed by atoms with Crippen molar-refractivity contribution in [3.63, 3.8) is 0 Å². The van der Waals surface area contributed by atoms with Crippen LogP contribution in [0.4, 0.5) is 0 Å². The molecule has 14 heavy (non-hydrogen) atoms. The summed E-state index contributed by atoms with van der Waals surface area (Å²) in [5, 5.41) is 18.3. The van der Waals surface area contributed by atoms with E-state index in [1.165, 1.54) is 6.92 Å². The van der Waals surface area contributed by atoms with Gasteiger partial charge in [-0.2, -0.15) is 0 Å². The summed E-state index contributed by atoms with van der Waals surface area (Å²) in [5.41, 5.74) is 0. The quantitative estimate of drug-likeness (QED) is 0.814. The molecule has 2 N–H and O–H groups in total. The van der Waals surface area contributed by atoms with Crippen molar-refractivity contribution in [2.75, 3.05) is 6.61 Å². The molecule has 0 saturated carbocycles. The van der Waals surface area contributed by atoms with Crippen molar-refractivity contribution in [3.8, 4) is 5.75 Å². The van der Waals surface area contributed by atoms with Crippen LogP contribution in [0.5, 0.6) is 5.75 Å². The topological polar surface area (TPSA) is 49.7 Å². The molecule has 0 bridgehead atoms. The monoisotopic (exact) mass is 260 g/mol. The van der Waals surface area contributed by atoms with Crippen molar-refractivity contribution < 1.29 is 14.9 Å². The summed E-state index contributed by atoms with van der Waals surface area (Å²) in [4.78, 5) is 0. The van der Waals surface area contributed by atoms with Crippen LogP contribution in [0.2, 0.25) is 0 Å². The van der Waals surface area contributed by atoms with E-state index in [2.05, 4.69) is 15.9 Å². The summed E-state index contributed by atoms with van der Waals surface area (Å²) in [6.07, 6.45) is 0.180. The van der Waals surface area contributed by atoms with E-state index in [1.54, 1.807) is 12.1 Å². The highest BCUT2D eigenvalue weighted by Gasteiger charge is 2.21. The molecule has 3 nitrogen and oxygen atoms in total. The third-order valence-corrected chi connectivity index (χ3v) is 2.20. The van der Waals surface area contributed by atoms with Crippen LogP contribution in [0.1, 0.15) is 13.3 Å². The fourth-order valence-electron chi connectivity index (χ4n) is 1.04. The van der Waals surface area contributed by atoms with Crippen molar-refractivity contribution in [2.45, 2.75) is 19.1 Å². The van der Waals surface area contributed by atoms with Gasteiger partial charge in [-0.3, -0.25) is 0 Å². The number of hydrogen-bond donors (Lipinski definition) is 2. The zero-order chi connectivity index (χ0) is 10.6. The number of benzene rings is 1. The van der Waals surface area contributed by atoms with E-state index < -0.39 is 5.79 Å². The van der Waals surface area contributed by atoms with Crippen LogP contribution in [0.15, 0.2) is 28.7 Å². The lowest BCUT2D eigenvalue weighted by Crippen LogP contribution is -2.32. The van der Waals surface area contributed by atoms with Crippen LogP contribution in [0.25, 0.3) is 0 Å². The first kappa shape index (κ1) is 11.5. The van der Waals surface area contributed by atoms with E-state index >= 15 is 0 Å². The van der Waals surface area contributed by atoms with Crippen molar-refractivity contribution in [3.05, 3.63) is 28.7 Å². The summed E-state index contributed by atoms with van der Waals surface area (Å²) >= 11 is 3.30. The largest absolute Gasteiger partial charge is 0.463 e. The van der Waals surface area contributed by atoms with E-state index in [-0.39, 0.29) is 13.0 Å². The molecule has 4 heteroatoms. The Morgan fingerprint density at radius 3 is 2.79 bits per heavy atom. The normalized spacial score (nSPS) is 14.9. The van der Waals surface area contributed by atoms with Gasteiger partial charge in [-0.1, -0.05) is 22.0 Å². The Bertz CT molecular complexity index is 299. The van der Waals surface area contributed by atoms with Crippen LogP contribution in [0, 0.1) is 0 Å². The highest BCUT2D eigenvalue weighted by molar-refractivity contribution is 9.10. The molecule has 1 aromatic carbocycles. The van der Waals surface area contributed by atoms with E-state index in [9.17, 15) is 5.11 Å². The molecule has 0 aliphatic rings. The van der Waals surface area contributed by atoms with E-state index in [1.807, 2.05) is 12.1 Å². The Hall–Kier alpha value is -0.580. The molecule has 0 radical (unpaired) electrons. The molecule has 1 rings (SSSR count). The Labute approximate surface area is 91.5 Å². The smallest absolute Gasteiger partial charge is 0.207 e. The van der Waals surface area contributed by atoms with E-state index in [4.69, 9.17) is 9.84 Å². The molecule has 0 saturated heterocycles. The van der Waals surface area contributed by atoms with Gasteiger partial charge in [-0.15, -0.1) is 0 Å². The zero-order valence-corrected chi connectivity index (χ0v) is 9.49. The summed E-state index contributed by atoms with van der Waals surface area (Å²) in [7, 11) is 0. The van der Waals surface area contributed by atoms with E-state index in [0.29, 0.717) is 5.75 Å². The predicted octanol–water partition coefficient (Wildman–Crippen LogP) is 1.92. The molecule has 0 amide bonds. The molecular weight excluding hydrogens is 248 g/mol. The molecule has 0 fully saturated rings. The third kappa shape index (κ3) is 3.65. The Morgan fingerprint density at radius 2 is 2.21 bits per heavy atom. The Morgan fingerprint density at radius 1 is 1.50 bits per heavy atom. The first-order valence-electron chi connectivity index (χ1n) is 4.31. The van der Waals surface area contributed by atoms with Crippen LogP contribution in [-0.2, 0) is 0 Å². The molecular formula is C10H13BrO3. The van der Waals surface area contributed by atoms with Gasteiger partial charge in [0.1, 0.15) is 5.75 Å². The lowest BCUT2D eigenvalue weighted by molar-refractivity contribution is -0.132. The average molecular weight is 261 g/mol. The SMILES string of the molecule is CC(O)(CCO)Oc1cccc(Br)c1. The van der Waals surface area contributed by atoms with Gasteiger partial charge in [0.25, 0.3) is 0 Å². The summed E-state index contributed by atoms with van der Waals surface area (Å²) in [6.45, 7) is 1.41. The van der Waals surface area contributed by atoms with Crippen LogP contribution >= 0.6 is 15.9 Å². The van der Waals surface area contributed by atoms with Crippen LogP contribution in [-0.4, -0.2) is 22.6 Å². The zero-order valence-electron chi connectivity index (χ0n) is 7.90. The highest BCUT2D eigenvalue weighted by Crippen LogP contribution is 2.22. The summed E-state index contributed by atoms with van der Waals surface area (Å²) < 4.78 is 6.17. The fraction of sp³-hybridized carbons (Fsp3) is 0.400. The Kier molecular flexibility index (Phi) is 3.92. The second-order valence-electron chi connectivity index (χ2n) is 3.21. The van der Waals surface area contributed by atoms with Crippen molar-refractivity contribution >= 4 is 15.9 Å². The summed E-state index contributed by atoms with van der Waals surface area (Å²) in [5.74, 6) is -0.756. The van der Waals surface area contributed by atoms with Gasteiger partial charge in [0.2, 0.25) is 5.79 Å². The third-order valence-electron chi connectivity index (χ3n) is 1.71. The average Bonchev–Trinajstić information content (AvgIpc) is 2.02. The highest BCUT2D eigenvalue weighted by atomic mass is 79.9. The van der Waals surface area contributed by atoms with Gasteiger partial charge in [-0.05, 0) is 18.2 Å². The van der Waals surface area contributed by atoms with Crippen LogP contribution < -0.4 is 4.74 Å². The molecule has 78 valence electrons. The van der Waals surface area contributed by atoms with Crippen molar-refractivity contribution in [1.29, 1.82) is 0 Å². The Balaban J connectivity index is 2.68. The van der Waals surface area contributed by atoms with Crippen molar-refractivity contribution in [2.24, 2.45) is 0 Å². The predicted molar refractivity (Wildman–Crippen MR) is 57.1 cm³/mol. The summed E-state index contributed by atoms with van der Waals surface area (Å²) in [6, 6.07) is 7.19. The van der Waals surface area contributed by atoms with E-state index in [0.717, 1.165) is 4.47 Å². The number of rotatable bonds is 4. The van der Waals surface area contributed by atoms with Gasteiger partial charge in [0, 0.05) is 24.4 Å².